The predicted octanol–water partition coefficient (Wildman–Crippen LogP) is 3.24. The second-order valence-corrected chi connectivity index (χ2v) is 5.29. The molecule has 23 heavy (non-hydrogen) atoms. The predicted molar refractivity (Wildman–Crippen MR) is 91.5 cm³/mol. The second kappa shape index (κ2) is 5.11. The summed E-state index contributed by atoms with van der Waals surface area (Å²) in [5, 5.41) is 4.23. The van der Waals surface area contributed by atoms with E-state index in [1.807, 2.05) is 48.0 Å². The molecular formula is C18H13N5. The zero-order chi connectivity index (χ0) is 15.8. The summed E-state index contributed by atoms with van der Waals surface area (Å²) in [6.07, 6.45) is 8.80. The summed E-state index contributed by atoms with van der Waals surface area (Å²) in [5.41, 5.74) is 4.53. The standard InChI is InChI=1S/C18H13N5/c1-3-12-5-4-6-13(7-12)22-18-14-8-16-17(23(2)11-21-16)9-15(14)19-10-20-18/h1,4-11H,2H3,(H,19,20,22). The van der Waals surface area contributed by atoms with Gasteiger partial charge in [0.25, 0.3) is 0 Å². The average molecular weight is 299 g/mol. The first-order valence-corrected chi connectivity index (χ1v) is 7.14. The van der Waals surface area contributed by atoms with Crippen LogP contribution in [0.1, 0.15) is 5.56 Å². The molecule has 0 saturated carbocycles. The van der Waals surface area contributed by atoms with E-state index in [0.717, 1.165) is 39.0 Å². The fraction of sp³-hybridized carbons (Fsp3) is 0.0556. The highest BCUT2D eigenvalue weighted by molar-refractivity contribution is 5.99. The molecule has 0 unspecified atom stereocenters. The maximum Gasteiger partial charge on any atom is 0.141 e. The quantitative estimate of drug-likeness (QED) is 0.577. The van der Waals surface area contributed by atoms with Crippen LogP contribution in [0.5, 0.6) is 0 Å². The van der Waals surface area contributed by atoms with Gasteiger partial charge in [-0.05, 0) is 30.3 Å². The van der Waals surface area contributed by atoms with Gasteiger partial charge in [0.2, 0.25) is 0 Å². The maximum absolute atomic E-state index is 5.45. The van der Waals surface area contributed by atoms with Gasteiger partial charge in [-0.1, -0.05) is 12.0 Å². The van der Waals surface area contributed by atoms with Crippen LogP contribution in [-0.4, -0.2) is 19.5 Å². The van der Waals surface area contributed by atoms with E-state index >= 15 is 0 Å². The van der Waals surface area contributed by atoms with Gasteiger partial charge >= 0.3 is 0 Å². The Hall–Kier alpha value is -3.39. The number of nitrogens with zero attached hydrogens (tertiary/aromatic N) is 4. The van der Waals surface area contributed by atoms with Crippen LogP contribution in [0, 0.1) is 12.3 Å². The van der Waals surface area contributed by atoms with Crippen molar-refractivity contribution in [3.8, 4) is 12.3 Å². The van der Waals surface area contributed by atoms with Crippen LogP contribution >= 0.6 is 0 Å². The zero-order valence-corrected chi connectivity index (χ0v) is 12.5. The van der Waals surface area contributed by atoms with Gasteiger partial charge in [0.15, 0.2) is 0 Å². The monoisotopic (exact) mass is 299 g/mol. The Morgan fingerprint density at radius 2 is 2.00 bits per heavy atom. The third kappa shape index (κ3) is 2.27. The van der Waals surface area contributed by atoms with Gasteiger partial charge in [-0.25, -0.2) is 15.0 Å². The van der Waals surface area contributed by atoms with Gasteiger partial charge in [-0.2, -0.15) is 0 Å². The highest BCUT2D eigenvalue weighted by Gasteiger charge is 2.08. The molecule has 4 aromatic rings. The first-order chi connectivity index (χ1) is 11.2. The van der Waals surface area contributed by atoms with Crippen LogP contribution in [0.25, 0.3) is 21.9 Å². The van der Waals surface area contributed by atoms with Gasteiger partial charge in [-0.15, -0.1) is 6.42 Å². The van der Waals surface area contributed by atoms with Gasteiger partial charge in [0.05, 0.1) is 22.9 Å². The molecule has 5 heteroatoms. The smallest absolute Gasteiger partial charge is 0.141 e. The van der Waals surface area contributed by atoms with Crippen molar-refractivity contribution in [2.45, 2.75) is 0 Å². The van der Waals surface area contributed by atoms with E-state index in [9.17, 15) is 0 Å². The molecule has 0 bridgehead atoms. The summed E-state index contributed by atoms with van der Waals surface area (Å²) < 4.78 is 1.97. The summed E-state index contributed by atoms with van der Waals surface area (Å²) in [6, 6.07) is 11.7. The summed E-state index contributed by atoms with van der Waals surface area (Å²) in [6.45, 7) is 0. The van der Waals surface area contributed by atoms with Crippen molar-refractivity contribution in [1.82, 2.24) is 19.5 Å². The van der Waals surface area contributed by atoms with Crippen molar-refractivity contribution in [2.24, 2.45) is 7.05 Å². The summed E-state index contributed by atoms with van der Waals surface area (Å²) in [5.74, 6) is 3.36. The normalized spacial score (nSPS) is 10.8. The highest BCUT2D eigenvalue weighted by atomic mass is 15.0. The van der Waals surface area contributed by atoms with E-state index in [-0.39, 0.29) is 0 Å². The molecular weight excluding hydrogens is 286 g/mol. The molecule has 2 aromatic heterocycles. The number of nitrogens with one attached hydrogen (secondary N) is 1. The molecule has 0 aliphatic carbocycles. The first kappa shape index (κ1) is 13.3. The second-order valence-electron chi connectivity index (χ2n) is 5.29. The zero-order valence-electron chi connectivity index (χ0n) is 12.5. The molecule has 4 rings (SSSR count). The Bertz CT molecular complexity index is 1070. The minimum atomic E-state index is 0.733. The molecule has 2 heterocycles. The Morgan fingerprint density at radius 3 is 2.87 bits per heavy atom. The van der Waals surface area contributed by atoms with E-state index in [2.05, 4.69) is 26.2 Å². The number of fused-ring (bicyclic) bond motifs is 2. The lowest BCUT2D eigenvalue weighted by molar-refractivity contribution is 0.948. The van der Waals surface area contributed by atoms with Gasteiger partial charge in [0.1, 0.15) is 12.1 Å². The fourth-order valence-electron chi connectivity index (χ4n) is 2.60. The van der Waals surface area contributed by atoms with Crippen LogP contribution in [0.2, 0.25) is 0 Å². The van der Waals surface area contributed by atoms with Crippen molar-refractivity contribution >= 4 is 33.4 Å². The number of rotatable bonds is 2. The van der Waals surface area contributed by atoms with E-state index < -0.39 is 0 Å². The topological polar surface area (TPSA) is 55.6 Å². The van der Waals surface area contributed by atoms with E-state index in [1.165, 1.54) is 0 Å². The third-order valence-corrected chi connectivity index (χ3v) is 3.77. The van der Waals surface area contributed by atoms with Gasteiger partial charge in [0, 0.05) is 23.7 Å². The van der Waals surface area contributed by atoms with Crippen molar-refractivity contribution in [1.29, 1.82) is 0 Å². The largest absolute Gasteiger partial charge is 0.340 e. The van der Waals surface area contributed by atoms with Crippen LogP contribution < -0.4 is 5.32 Å². The Morgan fingerprint density at radius 1 is 1.09 bits per heavy atom. The van der Waals surface area contributed by atoms with E-state index in [0.29, 0.717) is 0 Å². The van der Waals surface area contributed by atoms with Gasteiger partial charge in [-0.3, -0.25) is 0 Å². The molecule has 0 radical (unpaired) electrons. The molecule has 0 spiro atoms. The molecule has 0 atom stereocenters. The van der Waals surface area contributed by atoms with Crippen molar-refractivity contribution in [3.63, 3.8) is 0 Å². The number of hydrogen-bond acceptors (Lipinski definition) is 4. The molecule has 0 amide bonds. The van der Waals surface area contributed by atoms with Crippen molar-refractivity contribution in [3.05, 3.63) is 54.6 Å². The van der Waals surface area contributed by atoms with Crippen LogP contribution in [-0.2, 0) is 7.05 Å². The number of aryl methyl sites for hydroxylation is 1. The summed E-state index contributed by atoms with van der Waals surface area (Å²) >= 11 is 0. The Labute approximate surface area is 133 Å². The molecule has 2 aromatic carbocycles. The Balaban J connectivity index is 1.86. The number of hydrogen-bond donors (Lipinski definition) is 1. The maximum atomic E-state index is 5.45. The first-order valence-electron chi connectivity index (χ1n) is 7.14. The van der Waals surface area contributed by atoms with E-state index in [4.69, 9.17) is 6.42 Å². The molecule has 0 aliphatic heterocycles. The number of terminal acetylenes is 1. The van der Waals surface area contributed by atoms with Crippen molar-refractivity contribution in [2.75, 3.05) is 5.32 Å². The van der Waals surface area contributed by atoms with Gasteiger partial charge < -0.3 is 9.88 Å². The molecule has 1 N–H and O–H groups in total. The number of benzene rings is 2. The SMILES string of the molecule is C#Cc1cccc(Nc2ncnc3cc4c(cc23)ncn4C)c1. The number of anilines is 2. The molecule has 110 valence electrons. The minimum absolute atomic E-state index is 0.733. The summed E-state index contributed by atoms with van der Waals surface area (Å²) in [7, 11) is 1.97. The highest BCUT2D eigenvalue weighted by Crippen LogP contribution is 2.27. The number of aromatic nitrogens is 4. The van der Waals surface area contributed by atoms with Crippen LogP contribution in [0.3, 0.4) is 0 Å². The third-order valence-electron chi connectivity index (χ3n) is 3.77. The van der Waals surface area contributed by atoms with Crippen LogP contribution in [0.4, 0.5) is 11.5 Å². The fourth-order valence-corrected chi connectivity index (χ4v) is 2.60. The Kier molecular flexibility index (Phi) is 2.95. The molecule has 0 aliphatic rings. The number of imidazole rings is 1. The lowest BCUT2D eigenvalue weighted by Gasteiger charge is -2.09. The molecule has 5 nitrogen and oxygen atoms in total. The molecule has 0 fully saturated rings. The minimum Gasteiger partial charge on any atom is -0.340 e. The molecule has 0 saturated heterocycles. The van der Waals surface area contributed by atoms with E-state index in [1.54, 1.807) is 12.7 Å². The lowest BCUT2D eigenvalue weighted by atomic mass is 10.2. The lowest BCUT2D eigenvalue weighted by Crippen LogP contribution is -1.96. The summed E-state index contributed by atoms with van der Waals surface area (Å²) in [4.78, 5) is 13.1. The van der Waals surface area contributed by atoms with Crippen LogP contribution in [0.15, 0.2) is 49.1 Å². The average Bonchev–Trinajstić information content (AvgIpc) is 2.94. The van der Waals surface area contributed by atoms with Crippen molar-refractivity contribution < 1.29 is 0 Å².